The zero-order chi connectivity index (χ0) is 19.5. The molecule has 1 aromatic heterocycles. The molecule has 28 heavy (non-hydrogen) atoms. The third kappa shape index (κ3) is 4.42. The molecule has 2 aromatic carbocycles. The number of nitrogens with zero attached hydrogens (tertiary/aromatic N) is 3. The summed E-state index contributed by atoms with van der Waals surface area (Å²) in [6.07, 6.45) is 2.58. The third-order valence-corrected chi connectivity index (χ3v) is 4.94. The molecule has 0 spiro atoms. The smallest absolute Gasteiger partial charge is 0.229 e. The number of aryl methyl sites for hydroxylation is 3. The van der Waals surface area contributed by atoms with Crippen LogP contribution in [0.5, 0.6) is 0 Å². The van der Waals surface area contributed by atoms with E-state index in [-0.39, 0.29) is 0 Å². The van der Waals surface area contributed by atoms with Gasteiger partial charge in [0.15, 0.2) is 0 Å². The molecular weight excluding hydrogens is 346 g/mol. The molecule has 1 aliphatic rings. The molecule has 0 saturated carbocycles. The Hall–Kier alpha value is -3.08. The van der Waals surface area contributed by atoms with Gasteiger partial charge in [-0.05, 0) is 81.1 Å². The number of benzene rings is 2. The second-order valence-corrected chi connectivity index (χ2v) is 7.59. The summed E-state index contributed by atoms with van der Waals surface area (Å²) >= 11 is 0. The average molecular weight is 374 g/mol. The van der Waals surface area contributed by atoms with Crippen molar-refractivity contribution in [2.75, 3.05) is 28.6 Å². The van der Waals surface area contributed by atoms with Crippen LogP contribution in [0.15, 0.2) is 48.5 Å². The van der Waals surface area contributed by atoms with Gasteiger partial charge in [0, 0.05) is 41.9 Å². The number of hydrogen-bond donors (Lipinski definition) is 2. The molecule has 0 bridgehead atoms. The first kappa shape index (κ1) is 18.3. The van der Waals surface area contributed by atoms with Crippen LogP contribution in [0.1, 0.15) is 29.7 Å². The van der Waals surface area contributed by atoms with Crippen LogP contribution in [0.2, 0.25) is 0 Å². The molecule has 144 valence electrons. The van der Waals surface area contributed by atoms with E-state index in [0.717, 1.165) is 36.0 Å². The molecule has 0 amide bonds. The van der Waals surface area contributed by atoms with Gasteiger partial charge in [0.05, 0.1) is 0 Å². The van der Waals surface area contributed by atoms with Gasteiger partial charge in [-0.25, -0.2) is 4.98 Å². The molecule has 1 saturated heterocycles. The maximum absolute atomic E-state index is 4.64. The Balaban J connectivity index is 1.50. The summed E-state index contributed by atoms with van der Waals surface area (Å²) in [4.78, 5) is 11.6. The molecule has 0 unspecified atom stereocenters. The van der Waals surface area contributed by atoms with Crippen molar-refractivity contribution in [3.63, 3.8) is 0 Å². The highest BCUT2D eigenvalue weighted by Gasteiger charge is 2.12. The minimum Gasteiger partial charge on any atom is -0.372 e. The van der Waals surface area contributed by atoms with Gasteiger partial charge < -0.3 is 15.5 Å². The van der Waals surface area contributed by atoms with Gasteiger partial charge in [0.1, 0.15) is 5.82 Å². The average Bonchev–Trinajstić information content (AvgIpc) is 3.15. The predicted octanol–water partition coefficient (Wildman–Crippen LogP) is 5.49. The molecule has 5 heteroatoms. The first-order valence-corrected chi connectivity index (χ1v) is 9.88. The lowest BCUT2D eigenvalue weighted by atomic mass is 10.1. The van der Waals surface area contributed by atoms with Gasteiger partial charge >= 0.3 is 0 Å². The van der Waals surface area contributed by atoms with Gasteiger partial charge in [-0.15, -0.1) is 0 Å². The molecule has 3 aromatic rings. The van der Waals surface area contributed by atoms with Crippen LogP contribution in [-0.2, 0) is 0 Å². The Morgan fingerprint density at radius 2 is 1.43 bits per heavy atom. The Morgan fingerprint density at radius 1 is 0.750 bits per heavy atom. The number of aromatic nitrogens is 2. The number of hydrogen-bond acceptors (Lipinski definition) is 5. The lowest BCUT2D eigenvalue weighted by Gasteiger charge is -2.18. The van der Waals surface area contributed by atoms with Crippen molar-refractivity contribution < 1.29 is 0 Å². The van der Waals surface area contributed by atoms with Crippen LogP contribution in [0.25, 0.3) is 0 Å². The van der Waals surface area contributed by atoms with Crippen molar-refractivity contribution in [1.29, 1.82) is 0 Å². The van der Waals surface area contributed by atoms with Crippen molar-refractivity contribution in [3.8, 4) is 0 Å². The molecule has 2 N–H and O–H groups in total. The van der Waals surface area contributed by atoms with E-state index in [4.69, 9.17) is 0 Å². The molecule has 0 atom stereocenters. The first-order chi connectivity index (χ1) is 13.5. The predicted molar refractivity (Wildman–Crippen MR) is 117 cm³/mol. The van der Waals surface area contributed by atoms with Gasteiger partial charge in [-0.3, -0.25) is 0 Å². The van der Waals surface area contributed by atoms with Crippen LogP contribution in [-0.4, -0.2) is 23.1 Å². The van der Waals surface area contributed by atoms with Gasteiger partial charge in [-0.1, -0.05) is 6.07 Å². The Labute approximate surface area is 166 Å². The van der Waals surface area contributed by atoms with E-state index < -0.39 is 0 Å². The van der Waals surface area contributed by atoms with Crippen LogP contribution < -0.4 is 15.5 Å². The van der Waals surface area contributed by atoms with E-state index in [1.165, 1.54) is 29.7 Å². The van der Waals surface area contributed by atoms with Crippen molar-refractivity contribution in [1.82, 2.24) is 9.97 Å². The quantitative estimate of drug-likeness (QED) is 0.619. The van der Waals surface area contributed by atoms with Gasteiger partial charge in [-0.2, -0.15) is 4.98 Å². The van der Waals surface area contributed by atoms with E-state index in [0.29, 0.717) is 5.95 Å². The van der Waals surface area contributed by atoms with Crippen molar-refractivity contribution >= 4 is 28.8 Å². The lowest BCUT2D eigenvalue weighted by Crippen LogP contribution is -2.17. The monoisotopic (exact) mass is 373 g/mol. The van der Waals surface area contributed by atoms with E-state index in [9.17, 15) is 0 Å². The summed E-state index contributed by atoms with van der Waals surface area (Å²) < 4.78 is 0. The van der Waals surface area contributed by atoms with Gasteiger partial charge in [0.2, 0.25) is 5.95 Å². The summed E-state index contributed by atoms with van der Waals surface area (Å²) in [5.74, 6) is 1.38. The largest absolute Gasteiger partial charge is 0.372 e. The number of nitrogens with one attached hydrogen (secondary N) is 2. The van der Waals surface area contributed by atoms with Crippen molar-refractivity contribution in [2.45, 2.75) is 33.6 Å². The SMILES string of the molecule is Cc1cc(C)cc(Nc2nc(C)cc(Nc3ccc(N4CCCC4)cc3)n2)c1. The maximum atomic E-state index is 4.64. The highest BCUT2D eigenvalue weighted by atomic mass is 15.2. The standard InChI is InChI=1S/C23H27N5/c1-16-12-17(2)14-20(13-16)26-23-24-18(3)15-22(27-23)25-19-6-8-21(9-7-19)28-10-4-5-11-28/h6-9,12-15H,4-5,10-11H2,1-3H3,(H2,24,25,26,27). The molecule has 4 rings (SSSR count). The molecule has 1 fully saturated rings. The second kappa shape index (κ2) is 7.89. The fraction of sp³-hybridized carbons (Fsp3) is 0.304. The third-order valence-electron chi connectivity index (χ3n) is 4.94. The topological polar surface area (TPSA) is 53.1 Å². The summed E-state index contributed by atoms with van der Waals surface area (Å²) in [5, 5.41) is 6.73. The zero-order valence-electron chi connectivity index (χ0n) is 16.8. The minimum atomic E-state index is 0.598. The zero-order valence-corrected chi connectivity index (χ0v) is 16.8. The van der Waals surface area contributed by atoms with Crippen molar-refractivity contribution in [2.24, 2.45) is 0 Å². The highest BCUT2D eigenvalue weighted by Crippen LogP contribution is 2.24. The Bertz CT molecular complexity index is 939. The first-order valence-electron chi connectivity index (χ1n) is 9.88. The fourth-order valence-electron chi connectivity index (χ4n) is 3.74. The summed E-state index contributed by atoms with van der Waals surface area (Å²) in [5.41, 5.74) is 6.66. The summed E-state index contributed by atoms with van der Waals surface area (Å²) in [6, 6.07) is 16.9. The highest BCUT2D eigenvalue weighted by molar-refractivity contribution is 5.63. The molecular formula is C23H27N5. The normalized spacial score (nSPS) is 13.6. The number of rotatable bonds is 5. The van der Waals surface area contributed by atoms with Crippen LogP contribution in [0, 0.1) is 20.8 Å². The van der Waals surface area contributed by atoms with Crippen molar-refractivity contribution in [3.05, 3.63) is 65.4 Å². The molecule has 0 radical (unpaired) electrons. The minimum absolute atomic E-state index is 0.598. The van der Waals surface area contributed by atoms with E-state index >= 15 is 0 Å². The summed E-state index contributed by atoms with van der Waals surface area (Å²) in [6.45, 7) is 8.48. The van der Waals surface area contributed by atoms with Crippen LogP contribution >= 0.6 is 0 Å². The number of anilines is 5. The Kier molecular flexibility index (Phi) is 5.15. The second-order valence-electron chi connectivity index (χ2n) is 7.59. The van der Waals surface area contributed by atoms with E-state index in [1.807, 2.05) is 13.0 Å². The molecule has 2 heterocycles. The summed E-state index contributed by atoms with van der Waals surface area (Å²) in [7, 11) is 0. The molecule has 0 aliphatic carbocycles. The molecule has 1 aliphatic heterocycles. The maximum Gasteiger partial charge on any atom is 0.229 e. The van der Waals surface area contributed by atoms with Crippen LogP contribution in [0.4, 0.5) is 28.8 Å². The Morgan fingerprint density at radius 3 is 2.11 bits per heavy atom. The van der Waals surface area contributed by atoms with E-state index in [1.54, 1.807) is 0 Å². The lowest BCUT2D eigenvalue weighted by molar-refractivity contribution is 0.949. The fourth-order valence-corrected chi connectivity index (χ4v) is 3.74. The van der Waals surface area contributed by atoms with E-state index in [2.05, 4.69) is 81.8 Å². The van der Waals surface area contributed by atoms with Crippen LogP contribution in [0.3, 0.4) is 0 Å². The molecule has 5 nitrogen and oxygen atoms in total. The van der Waals surface area contributed by atoms with Gasteiger partial charge in [0.25, 0.3) is 0 Å².